The number of hydrogen-bond acceptors (Lipinski definition) is 2. The fraction of sp³-hybridized carbons (Fsp3) is 1.00. The summed E-state index contributed by atoms with van der Waals surface area (Å²) in [7, 11) is 0. The van der Waals surface area contributed by atoms with Crippen LogP contribution in [0.4, 0.5) is 0 Å². The zero-order valence-electron chi connectivity index (χ0n) is 12.1. The molecule has 0 aliphatic heterocycles. The molecule has 0 atom stereocenters. The van der Waals surface area contributed by atoms with Gasteiger partial charge in [0.2, 0.25) is 0 Å². The minimum absolute atomic E-state index is 0.401. The molecule has 0 aromatic carbocycles. The van der Waals surface area contributed by atoms with Crippen molar-refractivity contribution in [2.45, 2.75) is 89.2 Å². The van der Waals surface area contributed by atoms with E-state index in [0.717, 1.165) is 0 Å². The molecule has 0 amide bonds. The van der Waals surface area contributed by atoms with Crippen LogP contribution in [0.1, 0.15) is 73.6 Å². The Morgan fingerprint density at radius 1 is 0.812 bits per heavy atom. The normalized spacial score (nSPS) is 18.9. The van der Waals surface area contributed by atoms with E-state index in [0.29, 0.717) is 15.5 Å². The highest BCUT2D eigenvalue weighted by Gasteiger charge is 2.20. The van der Waals surface area contributed by atoms with Crippen LogP contribution in [0.5, 0.6) is 0 Å². The van der Waals surface area contributed by atoms with Crippen LogP contribution in [0, 0.1) is 0 Å². The Balaban J connectivity index is 0.000000288. The van der Waals surface area contributed by atoms with Crippen molar-refractivity contribution in [3.05, 3.63) is 0 Å². The van der Waals surface area contributed by atoms with Gasteiger partial charge in [-0.1, -0.05) is 60.8 Å². The Labute approximate surface area is 107 Å². The van der Waals surface area contributed by atoms with Crippen molar-refractivity contribution in [3.8, 4) is 0 Å². The van der Waals surface area contributed by atoms with Gasteiger partial charge in [0.05, 0.1) is 0 Å². The Morgan fingerprint density at radius 2 is 1.19 bits per heavy atom. The van der Waals surface area contributed by atoms with Gasteiger partial charge in [0.25, 0.3) is 0 Å². The third-order valence-corrected chi connectivity index (χ3v) is 3.49. The van der Waals surface area contributed by atoms with Crippen LogP contribution in [0.3, 0.4) is 0 Å². The van der Waals surface area contributed by atoms with Gasteiger partial charge in [-0.3, -0.25) is 0 Å². The number of nitrogens with two attached hydrogens (primary N) is 1. The van der Waals surface area contributed by atoms with Gasteiger partial charge in [0, 0.05) is 15.5 Å². The van der Waals surface area contributed by atoms with Crippen molar-refractivity contribution < 1.29 is 0 Å². The van der Waals surface area contributed by atoms with E-state index in [2.05, 4.69) is 41.5 Å². The Bertz CT molecular complexity index is 158. The number of hydrogen-bond donors (Lipinski definition) is 1. The third-order valence-electron chi connectivity index (χ3n) is 2.26. The van der Waals surface area contributed by atoms with Gasteiger partial charge in [0.1, 0.15) is 0 Å². The van der Waals surface area contributed by atoms with Crippen LogP contribution < -0.4 is 5.73 Å². The average Bonchev–Trinajstić information content (AvgIpc) is 1.99. The maximum Gasteiger partial charge on any atom is 0.00803 e. The second-order valence-corrected chi connectivity index (χ2v) is 9.38. The maximum absolute atomic E-state index is 5.63. The predicted molar refractivity (Wildman–Crippen MR) is 78.2 cm³/mol. The summed E-state index contributed by atoms with van der Waals surface area (Å²) in [4.78, 5) is 0. The molecular formula is C14H31NS. The summed E-state index contributed by atoms with van der Waals surface area (Å²) >= 11 is 2.01. The quantitative estimate of drug-likeness (QED) is 0.675. The SMILES string of the molecule is CC(C)(C)SC(C)(C)C.NC1CCCCC1. The van der Waals surface area contributed by atoms with Crippen LogP contribution in [0.15, 0.2) is 0 Å². The van der Waals surface area contributed by atoms with Gasteiger partial charge < -0.3 is 5.73 Å². The first kappa shape index (κ1) is 16.3. The molecule has 0 heterocycles. The van der Waals surface area contributed by atoms with E-state index in [4.69, 9.17) is 5.73 Å². The van der Waals surface area contributed by atoms with Gasteiger partial charge in [-0.05, 0) is 12.8 Å². The first-order valence-corrected chi connectivity index (χ1v) is 7.37. The standard InChI is InChI=1S/C8H18S.C6H13N/c1-7(2,3)9-8(4,5)6;7-6-4-2-1-3-5-6/h1-6H3;6H,1-5,7H2. The molecular weight excluding hydrogens is 214 g/mol. The lowest BCUT2D eigenvalue weighted by Gasteiger charge is -2.28. The summed E-state index contributed by atoms with van der Waals surface area (Å²) in [6, 6.07) is 0.536. The second kappa shape index (κ2) is 6.90. The fourth-order valence-electron chi connectivity index (χ4n) is 2.05. The van der Waals surface area contributed by atoms with Crippen molar-refractivity contribution in [2.24, 2.45) is 5.73 Å². The Kier molecular flexibility index (Phi) is 7.04. The zero-order valence-corrected chi connectivity index (χ0v) is 12.9. The molecule has 0 radical (unpaired) electrons. The lowest BCUT2D eigenvalue weighted by Crippen LogP contribution is -2.22. The van der Waals surface area contributed by atoms with E-state index in [-0.39, 0.29) is 0 Å². The number of thioether (sulfide) groups is 1. The first-order chi connectivity index (χ1) is 7.10. The largest absolute Gasteiger partial charge is 0.328 e. The van der Waals surface area contributed by atoms with Gasteiger partial charge in [-0.15, -0.1) is 0 Å². The lowest BCUT2D eigenvalue weighted by molar-refractivity contribution is 0.441. The van der Waals surface area contributed by atoms with E-state index < -0.39 is 0 Å². The zero-order chi connectivity index (χ0) is 12.8. The molecule has 0 bridgehead atoms. The number of rotatable bonds is 0. The molecule has 2 N–H and O–H groups in total. The average molecular weight is 245 g/mol. The van der Waals surface area contributed by atoms with Crippen molar-refractivity contribution in [1.82, 2.24) is 0 Å². The smallest absolute Gasteiger partial charge is 0.00803 e. The molecule has 1 saturated carbocycles. The molecule has 0 aromatic heterocycles. The summed E-state index contributed by atoms with van der Waals surface area (Å²) in [5, 5.41) is 0. The van der Waals surface area contributed by atoms with Crippen molar-refractivity contribution in [3.63, 3.8) is 0 Å². The van der Waals surface area contributed by atoms with E-state index in [1.54, 1.807) is 0 Å². The molecule has 16 heavy (non-hydrogen) atoms. The van der Waals surface area contributed by atoms with E-state index in [1.807, 2.05) is 11.8 Å². The first-order valence-electron chi connectivity index (χ1n) is 6.56. The van der Waals surface area contributed by atoms with Crippen LogP contribution in [0.2, 0.25) is 0 Å². The van der Waals surface area contributed by atoms with Crippen LogP contribution in [0.25, 0.3) is 0 Å². The third kappa shape index (κ3) is 12.4. The molecule has 0 saturated heterocycles. The van der Waals surface area contributed by atoms with Crippen LogP contribution in [-0.2, 0) is 0 Å². The summed E-state index contributed by atoms with van der Waals surface area (Å²) in [6.07, 6.45) is 6.66. The molecule has 98 valence electrons. The summed E-state index contributed by atoms with van der Waals surface area (Å²) in [6.45, 7) is 13.5. The molecule has 1 fully saturated rings. The van der Waals surface area contributed by atoms with E-state index >= 15 is 0 Å². The monoisotopic (exact) mass is 245 g/mol. The molecule has 0 spiro atoms. The van der Waals surface area contributed by atoms with Gasteiger partial charge in [-0.2, -0.15) is 11.8 Å². The molecule has 0 aromatic rings. The fourth-order valence-corrected chi connectivity index (χ4v) is 3.89. The Morgan fingerprint density at radius 3 is 1.31 bits per heavy atom. The highest BCUT2D eigenvalue weighted by atomic mass is 32.2. The lowest BCUT2D eigenvalue weighted by atomic mass is 9.97. The van der Waals surface area contributed by atoms with Gasteiger partial charge >= 0.3 is 0 Å². The molecule has 1 aliphatic rings. The van der Waals surface area contributed by atoms with Crippen LogP contribution in [-0.4, -0.2) is 15.5 Å². The molecule has 1 rings (SSSR count). The molecule has 2 heteroatoms. The molecule has 0 unspecified atom stereocenters. The van der Waals surface area contributed by atoms with Crippen molar-refractivity contribution in [2.75, 3.05) is 0 Å². The highest BCUT2D eigenvalue weighted by molar-refractivity contribution is 8.01. The highest BCUT2D eigenvalue weighted by Crippen LogP contribution is 2.35. The summed E-state index contributed by atoms with van der Waals surface area (Å²) < 4.78 is 0.802. The predicted octanol–water partition coefficient (Wildman–Crippen LogP) is 4.59. The van der Waals surface area contributed by atoms with Gasteiger partial charge in [0.15, 0.2) is 0 Å². The minimum Gasteiger partial charge on any atom is -0.328 e. The molecule has 1 nitrogen and oxygen atoms in total. The Hall–Kier alpha value is 0.310. The maximum atomic E-state index is 5.63. The van der Waals surface area contributed by atoms with Crippen LogP contribution >= 0.6 is 11.8 Å². The minimum atomic E-state index is 0.401. The second-order valence-electron chi connectivity index (χ2n) is 6.72. The molecule has 1 aliphatic carbocycles. The summed E-state index contributed by atoms with van der Waals surface area (Å²) in [5.41, 5.74) is 5.63. The van der Waals surface area contributed by atoms with Crippen molar-refractivity contribution in [1.29, 1.82) is 0 Å². The van der Waals surface area contributed by atoms with E-state index in [9.17, 15) is 0 Å². The summed E-state index contributed by atoms with van der Waals surface area (Å²) in [5.74, 6) is 0. The topological polar surface area (TPSA) is 26.0 Å². The van der Waals surface area contributed by atoms with Gasteiger partial charge in [-0.25, -0.2) is 0 Å². The van der Waals surface area contributed by atoms with E-state index in [1.165, 1.54) is 32.1 Å². The van der Waals surface area contributed by atoms with Crippen molar-refractivity contribution >= 4 is 11.8 Å².